The van der Waals surface area contributed by atoms with Gasteiger partial charge in [0.2, 0.25) is 5.88 Å². The first-order valence-corrected chi connectivity index (χ1v) is 13.8. The number of hydrogen-bond donors (Lipinski definition) is 0. The van der Waals surface area contributed by atoms with E-state index in [0.29, 0.717) is 29.4 Å². The fraction of sp³-hybridized carbons (Fsp3) is 0.258. The van der Waals surface area contributed by atoms with Gasteiger partial charge in [0.1, 0.15) is 18.1 Å². The van der Waals surface area contributed by atoms with E-state index in [2.05, 4.69) is 10.1 Å². The first kappa shape index (κ1) is 30.1. The molecule has 2 heterocycles. The minimum Gasteiger partial charge on any atom is -0.480 e. The molecular weight excluding hydrogens is 585 g/mol. The smallest absolute Gasteiger partial charge is 0.425 e. The lowest BCUT2D eigenvalue weighted by atomic mass is 10.1. The lowest BCUT2D eigenvalue weighted by Gasteiger charge is -2.20. The number of rotatable bonds is 10. The molecule has 12 heteroatoms. The van der Waals surface area contributed by atoms with E-state index in [1.54, 1.807) is 37.3 Å². The van der Waals surface area contributed by atoms with E-state index < -0.39 is 18.0 Å². The maximum Gasteiger partial charge on any atom is 0.425 e. The van der Waals surface area contributed by atoms with Gasteiger partial charge < -0.3 is 14.2 Å². The Balaban J connectivity index is 1.58. The minimum absolute atomic E-state index is 0.0117. The summed E-state index contributed by atoms with van der Waals surface area (Å²) in [5.41, 5.74) is 1.54. The number of benzene rings is 3. The van der Waals surface area contributed by atoms with E-state index in [0.717, 1.165) is 22.7 Å². The van der Waals surface area contributed by atoms with Crippen molar-refractivity contribution in [3.63, 3.8) is 0 Å². The highest BCUT2D eigenvalue weighted by Crippen LogP contribution is 2.40. The van der Waals surface area contributed by atoms with Crippen LogP contribution in [0.4, 0.5) is 13.2 Å². The van der Waals surface area contributed by atoms with Crippen LogP contribution in [0.2, 0.25) is 5.02 Å². The van der Waals surface area contributed by atoms with Gasteiger partial charge in [-0.2, -0.15) is 17.9 Å². The molecule has 0 unspecified atom stereocenters. The summed E-state index contributed by atoms with van der Waals surface area (Å²) in [6.07, 6.45) is -5.39. The zero-order valence-electron chi connectivity index (χ0n) is 23.6. The van der Waals surface area contributed by atoms with Gasteiger partial charge in [0, 0.05) is 18.8 Å². The summed E-state index contributed by atoms with van der Waals surface area (Å²) in [7, 11) is 0. The molecule has 0 aliphatic carbocycles. The summed E-state index contributed by atoms with van der Waals surface area (Å²) < 4.78 is 60.7. The van der Waals surface area contributed by atoms with Crippen LogP contribution in [-0.4, -0.2) is 31.6 Å². The molecule has 0 N–H and O–H groups in total. The van der Waals surface area contributed by atoms with Crippen LogP contribution in [0.25, 0.3) is 16.5 Å². The SMILES string of the molecule is CCn1c(COCc2ccccc2)nn(-c2cc(O[C@@H](C)C(F)(F)F)c3c(Oc4cc(C)ccc4Cl)nccc3c2)c1=O. The van der Waals surface area contributed by atoms with Crippen LogP contribution >= 0.6 is 11.6 Å². The number of nitrogens with zero attached hydrogens (tertiary/aromatic N) is 4. The van der Waals surface area contributed by atoms with E-state index in [1.807, 2.05) is 37.3 Å². The van der Waals surface area contributed by atoms with Gasteiger partial charge in [-0.25, -0.2) is 9.78 Å². The summed E-state index contributed by atoms with van der Waals surface area (Å²) in [4.78, 5) is 17.7. The molecule has 0 aliphatic rings. The zero-order chi connectivity index (χ0) is 30.7. The zero-order valence-corrected chi connectivity index (χ0v) is 24.3. The normalized spacial score (nSPS) is 12.4. The van der Waals surface area contributed by atoms with Crippen LogP contribution in [0.15, 0.2) is 77.7 Å². The van der Waals surface area contributed by atoms with Gasteiger partial charge in [0.15, 0.2) is 11.9 Å². The average molecular weight is 613 g/mol. The Bertz CT molecular complexity index is 1810. The molecule has 2 aromatic heterocycles. The Morgan fingerprint density at radius 3 is 2.49 bits per heavy atom. The Labute approximate surface area is 250 Å². The van der Waals surface area contributed by atoms with Crippen molar-refractivity contribution in [3.8, 4) is 23.1 Å². The van der Waals surface area contributed by atoms with Gasteiger partial charge in [-0.1, -0.05) is 48.0 Å². The molecule has 0 spiro atoms. The van der Waals surface area contributed by atoms with Crippen molar-refractivity contribution in [1.82, 2.24) is 19.3 Å². The third kappa shape index (κ3) is 6.68. The van der Waals surface area contributed by atoms with Crippen LogP contribution in [0.3, 0.4) is 0 Å². The van der Waals surface area contributed by atoms with Crippen LogP contribution in [-0.2, 0) is 24.5 Å². The van der Waals surface area contributed by atoms with Crippen LogP contribution in [0, 0.1) is 6.92 Å². The number of alkyl halides is 3. The first-order valence-electron chi connectivity index (χ1n) is 13.5. The van der Waals surface area contributed by atoms with Crippen molar-refractivity contribution in [2.24, 2.45) is 0 Å². The summed E-state index contributed by atoms with van der Waals surface area (Å²) in [6, 6.07) is 19.2. The van der Waals surface area contributed by atoms with E-state index in [1.165, 1.54) is 16.8 Å². The molecule has 0 saturated heterocycles. The maximum atomic E-state index is 13.6. The standard InChI is InChI=1S/C31H28ClF3N4O4/c1-4-38-27(18-41-17-21-8-6-5-7-9-21)37-39(30(38)40)23-15-22-12-13-36-29(43-25-14-19(2)10-11-24(25)32)28(22)26(16-23)42-20(3)31(33,34)35/h5-16,20H,4,17-18H2,1-3H3/t20-/m0/s1. The molecule has 0 bridgehead atoms. The lowest BCUT2D eigenvalue weighted by molar-refractivity contribution is -0.189. The second kappa shape index (κ2) is 12.5. The Kier molecular flexibility index (Phi) is 8.74. The molecule has 0 radical (unpaired) electrons. The number of halogens is 4. The molecule has 5 rings (SSSR count). The fourth-order valence-corrected chi connectivity index (χ4v) is 4.60. The van der Waals surface area contributed by atoms with Crippen molar-refractivity contribution in [3.05, 3.63) is 105 Å². The predicted molar refractivity (Wildman–Crippen MR) is 156 cm³/mol. The highest BCUT2D eigenvalue weighted by atomic mass is 35.5. The summed E-state index contributed by atoms with van der Waals surface area (Å²) in [5.74, 6) is 0.437. The third-order valence-corrected chi connectivity index (χ3v) is 6.99. The second-order valence-corrected chi connectivity index (χ2v) is 10.2. The molecule has 5 aromatic rings. The minimum atomic E-state index is -4.66. The van der Waals surface area contributed by atoms with E-state index in [-0.39, 0.29) is 35.1 Å². The molecule has 43 heavy (non-hydrogen) atoms. The predicted octanol–water partition coefficient (Wildman–Crippen LogP) is 7.40. The molecule has 0 saturated carbocycles. The number of hydrogen-bond acceptors (Lipinski definition) is 6. The Morgan fingerprint density at radius 2 is 1.77 bits per heavy atom. The van der Waals surface area contributed by atoms with Crippen molar-refractivity contribution in [2.75, 3.05) is 0 Å². The number of aromatic nitrogens is 4. The first-order chi connectivity index (χ1) is 20.5. The summed E-state index contributed by atoms with van der Waals surface area (Å²) in [6.45, 7) is 5.21. The molecule has 8 nitrogen and oxygen atoms in total. The van der Waals surface area contributed by atoms with E-state index in [4.69, 9.17) is 25.8 Å². The molecule has 0 fully saturated rings. The highest BCUT2D eigenvalue weighted by Gasteiger charge is 2.38. The molecule has 0 amide bonds. The van der Waals surface area contributed by atoms with Gasteiger partial charge in [0.05, 0.1) is 22.7 Å². The number of ether oxygens (including phenoxy) is 3. The highest BCUT2D eigenvalue weighted by molar-refractivity contribution is 6.32. The van der Waals surface area contributed by atoms with Crippen molar-refractivity contribution in [1.29, 1.82) is 0 Å². The molecule has 1 atom stereocenters. The van der Waals surface area contributed by atoms with Crippen molar-refractivity contribution < 1.29 is 27.4 Å². The van der Waals surface area contributed by atoms with Gasteiger partial charge in [0.25, 0.3) is 0 Å². The van der Waals surface area contributed by atoms with E-state index in [9.17, 15) is 18.0 Å². The van der Waals surface area contributed by atoms with Gasteiger partial charge in [-0.3, -0.25) is 4.57 Å². The van der Waals surface area contributed by atoms with Crippen LogP contribution < -0.4 is 15.2 Å². The van der Waals surface area contributed by atoms with Crippen LogP contribution in [0.5, 0.6) is 17.4 Å². The quantitative estimate of drug-likeness (QED) is 0.163. The van der Waals surface area contributed by atoms with Crippen molar-refractivity contribution in [2.45, 2.75) is 52.8 Å². The summed E-state index contributed by atoms with van der Waals surface area (Å²) in [5, 5.41) is 5.35. The van der Waals surface area contributed by atoms with Gasteiger partial charge in [-0.05, 0) is 61.5 Å². The van der Waals surface area contributed by atoms with E-state index >= 15 is 0 Å². The largest absolute Gasteiger partial charge is 0.480 e. The molecule has 224 valence electrons. The van der Waals surface area contributed by atoms with Crippen LogP contribution in [0.1, 0.15) is 30.8 Å². The average Bonchev–Trinajstić information content (AvgIpc) is 3.29. The number of fused-ring (bicyclic) bond motifs is 1. The molecule has 3 aromatic carbocycles. The van der Waals surface area contributed by atoms with Gasteiger partial charge in [-0.15, -0.1) is 5.10 Å². The van der Waals surface area contributed by atoms with Crippen molar-refractivity contribution >= 4 is 22.4 Å². The Morgan fingerprint density at radius 1 is 1.00 bits per heavy atom. The third-order valence-electron chi connectivity index (χ3n) is 6.68. The molecular formula is C31H28ClF3N4O4. The topological polar surface area (TPSA) is 80.4 Å². The second-order valence-electron chi connectivity index (χ2n) is 9.83. The maximum absolute atomic E-state index is 13.6. The fourth-order valence-electron chi connectivity index (χ4n) is 4.44. The summed E-state index contributed by atoms with van der Waals surface area (Å²) >= 11 is 6.31. The monoisotopic (exact) mass is 612 g/mol. The molecule has 0 aliphatic heterocycles. The van der Waals surface area contributed by atoms with Gasteiger partial charge >= 0.3 is 11.9 Å². The lowest BCUT2D eigenvalue weighted by Crippen LogP contribution is -2.31. The Hall–Kier alpha value is -4.35. The number of aryl methyl sites for hydroxylation is 1. The number of pyridine rings is 1.